The summed E-state index contributed by atoms with van der Waals surface area (Å²) in [5.41, 5.74) is 2.54. The second kappa shape index (κ2) is 8.09. The average Bonchev–Trinajstić information content (AvgIpc) is 2.50. The van der Waals surface area contributed by atoms with E-state index < -0.39 is 0 Å². The summed E-state index contributed by atoms with van der Waals surface area (Å²) in [4.78, 5) is 12.0. The molecule has 0 aromatic heterocycles. The van der Waals surface area contributed by atoms with Gasteiger partial charge in [0, 0.05) is 29.4 Å². The Morgan fingerprint density at radius 3 is 2.61 bits per heavy atom. The minimum absolute atomic E-state index is 0.0671. The molecule has 0 saturated carbocycles. The van der Waals surface area contributed by atoms with Gasteiger partial charge in [0.1, 0.15) is 5.75 Å². The van der Waals surface area contributed by atoms with Crippen LogP contribution in [-0.4, -0.2) is 19.6 Å². The number of nitrogens with one attached hydrogen (secondary N) is 2. The van der Waals surface area contributed by atoms with Crippen molar-refractivity contribution >= 4 is 40.5 Å². The van der Waals surface area contributed by atoms with Crippen molar-refractivity contribution in [3.8, 4) is 5.75 Å². The number of carbonyl (C=O) groups is 1. The molecule has 2 rings (SSSR count). The van der Waals surface area contributed by atoms with Crippen molar-refractivity contribution in [1.29, 1.82) is 0 Å². The minimum atomic E-state index is -0.0671. The van der Waals surface area contributed by atoms with Gasteiger partial charge in [-0.3, -0.25) is 4.79 Å². The van der Waals surface area contributed by atoms with Crippen LogP contribution >= 0.6 is 23.2 Å². The van der Waals surface area contributed by atoms with E-state index in [1.54, 1.807) is 31.4 Å². The van der Waals surface area contributed by atoms with Crippen molar-refractivity contribution in [2.24, 2.45) is 0 Å². The summed E-state index contributed by atoms with van der Waals surface area (Å²) in [6.07, 6.45) is 0.339. The van der Waals surface area contributed by atoms with Crippen LogP contribution in [0.15, 0.2) is 36.4 Å². The Kier molecular flexibility index (Phi) is 6.13. The quantitative estimate of drug-likeness (QED) is 0.788. The molecule has 2 N–H and O–H groups in total. The fourth-order valence-corrected chi connectivity index (χ4v) is 2.56. The summed E-state index contributed by atoms with van der Waals surface area (Å²) in [5, 5.41) is 7.20. The summed E-state index contributed by atoms with van der Waals surface area (Å²) in [6, 6.07) is 10.8. The van der Waals surface area contributed by atoms with Gasteiger partial charge >= 0.3 is 0 Å². The van der Waals surface area contributed by atoms with Crippen LogP contribution in [0.25, 0.3) is 0 Å². The lowest BCUT2D eigenvalue weighted by molar-refractivity contribution is -0.115. The summed E-state index contributed by atoms with van der Waals surface area (Å²) < 4.78 is 5.10. The Labute approximate surface area is 145 Å². The van der Waals surface area contributed by atoms with E-state index in [0.717, 1.165) is 16.9 Å². The van der Waals surface area contributed by atoms with Crippen LogP contribution in [0, 0.1) is 6.92 Å². The number of aryl methyl sites for hydroxylation is 1. The highest BCUT2D eigenvalue weighted by molar-refractivity contribution is 6.32. The molecule has 0 heterocycles. The van der Waals surface area contributed by atoms with Gasteiger partial charge in [-0.25, -0.2) is 0 Å². The number of carbonyl (C=O) groups excluding carboxylic acids is 1. The molecular formula is C17H18Cl2N2O2. The van der Waals surface area contributed by atoms with Crippen molar-refractivity contribution < 1.29 is 9.53 Å². The molecule has 4 nitrogen and oxygen atoms in total. The van der Waals surface area contributed by atoms with E-state index in [4.69, 9.17) is 27.9 Å². The van der Waals surface area contributed by atoms with Gasteiger partial charge in [-0.15, -0.1) is 0 Å². The predicted molar refractivity (Wildman–Crippen MR) is 95.9 cm³/mol. The molecule has 2 aromatic carbocycles. The number of hydrogen-bond donors (Lipinski definition) is 2. The molecule has 0 aliphatic heterocycles. The Hall–Kier alpha value is -1.91. The number of halogens is 2. The lowest BCUT2D eigenvalue weighted by Gasteiger charge is -2.10. The van der Waals surface area contributed by atoms with Gasteiger partial charge in [0.2, 0.25) is 5.91 Å². The smallest absolute Gasteiger partial charge is 0.226 e. The van der Waals surface area contributed by atoms with Crippen LogP contribution in [0.1, 0.15) is 12.0 Å². The molecule has 2 aromatic rings. The molecule has 0 atom stereocenters. The summed E-state index contributed by atoms with van der Waals surface area (Å²) in [7, 11) is 1.57. The van der Waals surface area contributed by atoms with Crippen molar-refractivity contribution in [3.05, 3.63) is 52.0 Å². The molecule has 6 heteroatoms. The molecule has 0 spiro atoms. The molecule has 0 saturated heterocycles. The van der Waals surface area contributed by atoms with E-state index in [2.05, 4.69) is 10.6 Å². The maximum absolute atomic E-state index is 12.0. The van der Waals surface area contributed by atoms with Gasteiger partial charge in [-0.1, -0.05) is 23.2 Å². The minimum Gasteiger partial charge on any atom is -0.495 e. The molecule has 122 valence electrons. The highest BCUT2D eigenvalue weighted by atomic mass is 35.5. The molecule has 0 aliphatic rings. The second-order valence-electron chi connectivity index (χ2n) is 5.03. The van der Waals surface area contributed by atoms with Crippen LogP contribution in [-0.2, 0) is 4.79 Å². The van der Waals surface area contributed by atoms with E-state index in [1.165, 1.54) is 0 Å². The topological polar surface area (TPSA) is 50.4 Å². The average molecular weight is 353 g/mol. The maximum atomic E-state index is 12.0. The Morgan fingerprint density at radius 1 is 1.17 bits per heavy atom. The molecule has 0 bridgehead atoms. The number of rotatable bonds is 6. The first-order chi connectivity index (χ1) is 11.0. The fraction of sp³-hybridized carbons (Fsp3) is 0.235. The summed E-state index contributed by atoms with van der Waals surface area (Å²) in [6.45, 7) is 2.40. The third kappa shape index (κ3) is 5.05. The third-order valence-corrected chi connectivity index (χ3v) is 3.83. The van der Waals surface area contributed by atoms with Crippen LogP contribution in [0.2, 0.25) is 10.0 Å². The highest BCUT2D eigenvalue weighted by Gasteiger charge is 2.06. The lowest BCUT2D eigenvalue weighted by atomic mass is 10.2. The fourth-order valence-electron chi connectivity index (χ4n) is 2.08. The number of ether oxygens (including phenoxy) is 1. The molecule has 1 amide bonds. The number of methoxy groups -OCH3 is 1. The van der Waals surface area contributed by atoms with Crippen molar-refractivity contribution in [2.75, 3.05) is 24.3 Å². The van der Waals surface area contributed by atoms with E-state index in [9.17, 15) is 4.79 Å². The SMILES string of the molecule is COc1ccc(NCCC(=O)Nc2ccc(Cl)cc2C)cc1Cl. The maximum Gasteiger partial charge on any atom is 0.226 e. The van der Waals surface area contributed by atoms with Gasteiger partial charge < -0.3 is 15.4 Å². The van der Waals surface area contributed by atoms with E-state index >= 15 is 0 Å². The van der Waals surface area contributed by atoms with Crippen LogP contribution in [0.4, 0.5) is 11.4 Å². The predicted octanol–water partition coefficient (Wildman–Crippen LogP) is 4.75. The zero-order chi connectivity index (χ0) is 16.8. The summed E-state index contributed by atoms with van der Waals surface area (Å²) in [5.74, 6) is 0.552. The number of hydrogen-bond acceptors (Lipinski definition) is 3. The van der Waals surface area contributed by atoms with Gasteiger partial charge in [0.25, 0.3) is 0 Å². The molecule has 23 heavy (non-hydrogen) atoms. The first-order valence-corrected chi connectivity index (χ1v) is 7.88. The van der Waals surface area contributed by atoms with Crippen molar-refractivity contribution in [3.63, 3.8) is 0 Å². The van der Waals surface area contributed by atoms with Crippen LogP contribution in [0.3, 0.4) is 0 Å². The van der Waals surface area contributed by atoms with Gasteiger partial charge in [0.15, 0.2) is 0 Å². The number of anilines is 2. The molecule has 0 radical (unpaired) electrons. The molecule has 0 unspecified atom stereocenters. The lowest BCUT2D eigenvalue weighted by Crippen LogP contribution is -2.16. The first-order valence-electron chi connectivity index (χ1n) is 7.13. The van der Waals surface area contributed by atoms with Crippen molar-refractivity contribution in [2.45, 2.75) is 13.3 Å². The van der Waals surface area contributed by atoms with Crippen molar-refractivity contribution in [1.82, 2.24) is 0 Å². The van der Waals surface area contributed by atoms with E-state index in [0.29, 0.717) is 28.8 Å². The van der Waals surface area contributed by atoms with E-state index in [1.807, 2.05) is 19.1 Å². The van der Waals surface area contributed by atoms with Gasteiger partial charge in [0.05, 0.1) is 12.1 Å². The van der Waals surface area contributed by atoms with E-state index in [-0.39, 0.29) is 5.91 Å². The third-order valence-electron chi connectivity index (χ3n) is 3.30. The summed E-state index contributed by atoms with van der Waals surface area (Å²) >= 11 is 12.0. The molecule has 0 aliphatic carbocycles. The highest BCUT2D eigenvalue weighted by Crippen LogP contribution is 2.27. The van der Waals surface area contributed by atoms with Gasteiger partial charge in [-0.2, -0.15) is 0 Å². The first kappa shape index (κ1) is 17.4. The monoisotopic (exact) mass is 352 g/mol. The second-order valence-corrected chi connectivity index (χ2v) is 5.88. The zero-order valence-electron chi connectivity index (χ0n) is 13.0. The number of amides is 1. The molecule has 0 fully saturated rings. The van der Waals surface area contributed by atoms with Gasteiger partial charge in [-0.05, 0) is 48.9 Å². The largest absolute Gasteiger partial charge is 0.495 e. The van der Waals surface area contributed by atoms with Crippen LogP contribution in [0.5, 0.6) is 5.75 Å². The van der Waals surface area contributed by atoms with Crippen LogP contribution < -0.4 is 15.4 Å². The normalized spacial score (nSPS) is 10.3. The molecular weight excluding hydrogens is 335 g/mol. The Bertz CT molecular complexity index is 705. The standard InChI is InChI=1S/C17H18Cl2N2O2/c1-11-9-12(18)3-5-15(11)21-17(22)7-8-20-13-4-6-16(23-2)14(19)10-13/h3-6,9-10,20H,7-8H2,1-2H3,(H,21,22). The number of benzene rings is 2. The zero-order valence-corrected chi connectivity index (χ0v) is 14.5. The Morgan fingerprint density at radius 2 is 1.96 bits per heavy atom. The Balaban J connectivity index is 1.84.